The van der Waals surface area contributed by atoms with Gasteiger partial charge in [0.15, 0.2) is 11.6 Å². The summed E-state index contributed by atoms with van der Waals surface area (Å²) in [5.74, 6) is -2.10. The highest BCUT2D eigenvalue weighted by Gasteiger charge is 2.37. The van der Waals surface area contributed by atoms with Crippen molar-refractivity contribution in [2.75, 3.05) is 0 Å². The number of halogens is 2. The molecule has 0 bridgehead atoms. The fraction of sp³-hybridized carbons (Fsp3) is 0.444. The number of carbonyl (C=O) groups excluding carboxylic acids is 1. The van der Waals surface area contributed by atoms with Gasteiger partial charge >= 0.3 is 0 Å². The van der Waals surface area contributed by atoms with E-state index < -0.39 is 5.92 Å². The molecule has 1 fully saturated rings. The van der Waals surface area contributed by atoms with Crippen LogP contribution < -0.4 is 0 Å². The van der Waals surface area contributed by atoms with Gasteiger partial charge in [-0.1, -0.05) is 6.07 Å². The lowest BCUT2D eigenvalue weighted by Gasteiger charge is -2.29. The van der Waals surface area contributed by atoms with Gasteiger partial charge in [-0.05, 0) is 25.0 Å². The van der Waals surface area contributed by atoms with Crippen molar-refractivity contribution < 1.29 is 13.6 Å². The normalized spacial score (nSPS) is 20.2. The largest absolute Gasteiger partial charge is 0.294 e. The van der Waals surface area contributed by atoms with Gasteiger partial charge in [0.25, 0.3) is 0 Å². The second-order valence-electron chi connectivity index (χ2n) is 6.69. The summed E-state index contributed by atoms with van der Waals surface area (Å²) in [6.07, 6.45) is 4.37. The molecule has 2 aliphatic rings. The van der Waals surface area contributed by atoms with E-state index in [1.54, 1.807) is 10.9 Å². The Bertz CT molecular complexity index is 819. The van der Waals surface area contributed by atoms with Crippen molar-refractivity contribution in [3.05, 3.63) is 41.9 Å². The third-order valence-electron chi connectivity index (χ3n) is 4.84. The fourth-order valence-electron chi connectivity index (χ4n) is 3.48. The maximum Gasteiger partial charge on any atom is 0.248 e. The van der Waals surface area contributed by atoms with Gasteiger partial charge in [-0.2, -0.15) is 5.10 Å². The Kier molecular flexibility index (Phi) is 3.94. The number of fused-ring (bicyclic) bond motifs is 1. The topological polar surface area (TPSA) is 60.1 Å². The van der Waals surface area contributed by atoms with Crippen molar-refractivity contribution in [3.63, 3.8) is 0 Å². The van der Waals surface area contributed by atoms with Gasteiger partial charge in [-0.15, -0.1) is 0 Å². The summed E-state index contributed by atoms with van der Waals surface area (Å²) in [5.41, 5.74) is 2.07. The van der Waals surface area contributed by atoms with Crippen LogP contribution >= 0.6 is 0 Å². The molecule has 130 valence electrons. The van der Waals surface area contributed by atoms with Crippen molar-refractivity contribution in [1.29, 1.82) is 0 Å². The summed E-state index contributed by atoms with van der Waals surface area (Å²) in [6.45, 7) is 0. The second kappa shape index (κ2) is 6.13. The maximum absolute atomic E-state index is 13.4. The molecule has 25 heavy (non-hydrogen) atoms. The number of hydrogen-bond acceptors (Lipinski definition) is 4. The van der Waals surface area contributed by atoms with E-state index in [0.717, 1.165) is 11.4 Å². The molecule has 0 N–H and O–H groups in total. The first-order chi connectivity index (χ1) is 12.0. The zero-order valence-electron chi connectivity index (χ0n) is 13.7. The van der Waals surface area contributed by atoms with Gasteiger partial charge in [-0.25, -0.2) is 18.5 Å². The lowest BCUT2D eigenvalue weighted by Crippen LogP contribution is -2.27. The van der Waals surface area contributed by atoms with Crippen LogP contribution in [0.2, 0.25) is 0 Å². The standard InChI is InChI=1S/C18H18F2N4O/c19-18(20)6-4-14(5-7-18)24-17-15(11-22-24)16(25)10-13(23-17)9-12-3-1-2-8-21-12/h1-3,8,11,14H,4-7,9-10H2. The van der Waals surface area contributed by atoms with Crippen LogP contribution in [-0.2, 0) is 6.42 Å². The first-order valence-electron chi connectivity index (χ1n) is 8.47. The molecule has 1 aliphatic heterocycles. The molecule has 2 aromatic rings. The quantitative estimate of drug-likeness (QED) is 0.847. The Morgan fingerprint density at radius 3 is 2.76 bits per heavy atom. The monoisotopic (exact) mass is 344 g/mol. The van der Waals surface area contributed by atoms with E-state index in [9.17, 15) is 13.6 Å². The van der Waals surface area contributed by atoms with E-state index in [4.69, 9.17) is 0 Å². The summed E-state index contributed by atoms with van der Waals surface area (Å²) < 4.78 is 28.5. The van der Waals surface area contributed by atoms with E-state index in [0.29, 0.717) is 30.6 Å². The molecule has 0 radical (unpaired) electrons. The highest BCUT2D eigenvalue weighted by molar-refractivity contribution is 6.15. The van der Waals surface area contributed by atoms with Crippen molar-refractivity contribution in [1.82, 2.24) is 14.8 Å². The zero-order valence-corrected chi connectivity index (χ0v) is 13.7. The van der Waals surface area contributed by atoms with Crippen LogP contribution in [0.15, 0.2) is 35.6 Å². The molecule has 0 spiro atoms. The molecular weight excluding hydrogens is 326 g/mol. The molecule has 0 amide bonds. The minimum absolute atomic E-state index is 0.0247. The number of pyridine rings is 1. The van der Waals surface area contributed by atoms with Crippen molar-refractivity contribution in [2.45, 2.75) is 50.5 Å². The number of nitrogens with zero attached hydrogens (tertiary/aromatic N) is 4. The molecule has 0 saturated heterocycles. The summed E-state index contributed by atoms with van der Waals surface area (Å²) in [5, 5.41) is 4.29. The number of hydrogen-bond donors (Lipinski definition) is 0. The number of aliphatic imine (C=N–C) groups is 1. The predicted octanol–water partition coefficient (Wildman–Crippen LogP) is 3.93. The first kappa shape index (κ1) is 16.1. The van der Waals surface area contributed by atoms with Gasteiger partial charge in [0.2, 0.25) is 5.92 Å². The van der Waals surface area contributed by atoms with Crippen LogP contribution in [0.5, 0.6) is 0 Å². The maximum atomic E-state index is 13.4. The summed E-state index contributed by atoms with van der Waals surface area (Å²) in [4.78, 5) is 21.3. The highest BCUT2D eigenvalue weighted by Crippen LogP contribution is 2.40. The minimum Gasteiger partial charge on any atom is -0.294 e. The number of alkyl halides is 2. The Morgan fingerprint density at radius 2 is 2.04 bits per heavy atom. The van der Waals surface area contributed by atoms with Gasteiger partial charge in [0, 0.05) is 36.9 Å². The summed E-state index contributed by atoms with van der Waals surface area (Å²) in [6, 6.07) is 5.49. The Labute approximate surface area is 143 Å². The van der Waals surface area contributed by atoms with Crippen LogP contribution in [-0.4, -0.2) is 32.2 Å². The summed E-state index contributed by atoms with van der Waals surface area (Å²) in [7, 11) is 0. The van der Waals surface area contributed by atoms with Crippen molar-refractivity contribution in [3.8, 4) is 0 Å². The molecule has 0 aromatic carbocycles. The van der Waals surface area contributed by atoms with Crippen LogP contribution in [0.25, 0.3) is 0 Å². The fourth-order valence-corrected chi connectivity index (χ4v) is 3.48. The third-order valence-corrected chi connectivity index (χ3v) is 4.84. The van der Waals surface area contributed by atoms with E-state index >= 15 is 0 Å². The van der Waals surface area contributed by atoms with Crippen molar-refractivity contribution >= 4 is 17.3 Å². The average Bonchev–Trinajstić information content (AvgIpc) is 3.00. The van der Waals surface area contributed by atoms with Gasteiger partial charge in [0.1, 0.15) is 0 Å². The van der Waals surface area contributed by atoms with E-state index in [1.807, 2.05) is 18.2 Å². The molecule has 3 heterocycles. The van der Waals surface area contributed by atoms with Crippen LogP contribution in [0.3, 0.4) is 0 Å². The Balaban J connectivity index is 1.61. The Morgan fingerprint density at radius 1 is 1.24 bits per heavy atom. The molecule has 2 aromatic heterocycles. The van der Waals surface area contributed by atoms with Crippen LogP contribution in [0, 0.1) is 0 Å². The Hall–Kier alpha value is -2.44. The third kappa shape index (κ3) is 3.23. The lowest BCUT2D eigenvalue weighted by atomic mass is 9.92. The molecule has 7 heteroatoms. The molecular formula is C18H18F2N4O. The van der Waals surface area contributed by atoms with E-state index in [1.165, 1.54) is 6.20 Å². The highest BCUT2D eigenvalue weighted by atomic mass is 19.3. The molecule has 1 aliphatic carbocycles. The zero-order chi connectivity index (χ0) is 17.4. The molecule has 0 atom stereocenters. The van der Waals surface area contributed by atoms with E-state index in [2.05, 4.69) is 15.1 Å². The summed E-state index contributed by atoms with van der Waals surface area (Å²) >= 11 is 0. The smallest absolute Gasteiger partial charge is 0.248 e. The second-order valence-corrected chi connectivity index (χ2v) is 6.69. The number of rotatable bonds is 3. The molecule has 1 saturated carbocycles. The number of aromatic nitrogens is 3. The van der Waals surface area contributed by atoms with Gasteiger partial charge in [0.05, 0.1) is 24.2 Å². The molecule has 5 nitrogen and oxygen atoms in total. The van der Waals surface area contributed by atoms with E-state index in [-0.39, 0.29) is 31.1 Å². The molecule has 0 unspecified atom stereocenters. The van der Waals surface area contributed by atoms with Crippen molar-refractivity contribution in [2.24, 2.45) is 4.99 Å². The average molecular weight is 344 g/mol. The van der Waals surface area contributed by atoms with Crippen LogP contribution in [0.4, 0.5) is 14.6 Å². The van der Waals surface area contributed by atoms with Crippen LogP contribution in [0.1, 0.15) is 54.2 Å². The minimum atomic E-state index is -2.59. The number of Topliss-reactive ketones (excluding diaryl/α,β-unsaturated/α-hetero) is 1. The lowest BCUT2D eigenvalue weighted by molar-refractivity contribution is -0.0448. The number of carbonyl (C=O) groups is 1. The predicted molar refractivity (Wildman–Crippen MR) is 88.7 cm³/mol. The first-order valence-corrected chi connectivity index (χ1v) is 8.47. The van der Waals surface area contributed by atoms with Gasteiger partial charge < -0.3 is 0 Å². The number of ketones is 1. The SMILES string of the molecule is O=C1CC(Cc2ccccn2)=Nc2c1cnn2C1CCC(F)(F)CC1. The van der Waals surface area contributed by atoms with Gasteiger partial charge in [-0.3, -0.25) is 9.78 Å². The molecule has 4 rings (SSSR count).